The minimum atomic E-state index is 0.0260. The van der Waals surface area contributed by atoms with E-state index in [2.05, 4.69) is 19.8 Å². The molecule has 1 aromatic rings. The van der Waals surface area contributed by atoms with E-state index in [1.807, 2.05) is 20.0 Å². The van der Waals surface area contributed by atoms with Crippen LogP contribution in [0.25, 0.3) is 0 Å². The van der Waals surface area contributed by atoms with Gasteiger partial charge in [0.05, 0.1) is 13.2 Å². The average Bonchev–Trinajstić information content (AvgIpc) is 2.90. The number of rotatable bonds is 7. The molecule has 1 aliphatic heterocycles. The molecule has 0 aliphatic carbocycles. The van der Waals surface area contributed by atoms with Crippen molar-refractivity contribution in [2.75, 3.05) is 39.4 Å². The number of morpholine rings is 1. The summed E-state index contributed by atoms with van der Waals surface area (Å²) in [6.45, 7) is 9.81. The first-order valence-electron chi connectivity index (χ1n) is 7.72. The molecule has 118 valence electrons. The molecule has 2 rings (SSSR count). The van der Waals surface area contributed by atoms with Crippen molar-refractivity contribution in [2.24, 2.45) is 5.92 Å². The van der Waals surface area contributed by atoms with Crippen LogP contribution in [0.2, 0.25) is 0 Å². The summed E-state index contributed by atoms with van der Waals surface area (Å²) >= 11 is 0. The first-order chi connectivity index (χ1) is 10.2. The molecule has 6 heteroatoms. The van der Waals surface area contributed by atoms with Crippen LogP contribution >= 0.6 is 0 Å². The Morgan fingerprint density at radius 2 is 2.24 bits per heavy atom. The lowest BCUT2D eigenvalue weighted by molar-refractivity contribution is -0.125. The summed E-state index contributed by atoms with van der Waals surface area (Å²) in [7, 11) is 0. The van der Waals surface area contributed by atoms with E-state index in [0.29, 0.717) is 6.54 Å². The Hall–Kier alpha value is -1.40. The third-order valence-corrected chi connectivity index (χ3v) is 3.88. The van der Waals surface area contributed by atoms with Crippen molar-refractivity contribution in [1.82, 2.24) is 19.8 Å². The first-order valence-corrected chi connectivity index (χ1v) is 7.72. The van der Waals surface area contributed by atoms with Gasteiger partial charge in [-0.15, -0.1) is 0 Å². The second-order valence-corrected chi connectivity index (χ2v) is 5.63. The number of nitrogens with one attached hydrogen (secondary N) is 1. The molecular weight excluding hydrogens is 268 g/mol. The number of aryl methyl sites for hydroxylation is 2. The van der Waals surface area contributed by atoms with Gasteiger partial charge in [0.15, 0.2) is 0 Å². The number of aromatic nitrogens is 2. The van der Waals surface area contributed by atoms with E-state index in [9.17, 15) is 4.79 Å². The molecule has 1 unspecified atom stereocenters. The van der Waals surface area contributed by atoms with E-state index < -0.39 is 0 Å². The van der Waals surface area contributed by atoms with Crippen molar-refractivity contribution in [1.29, 1.82) is 0 Å². The fourth-order valence-electron chi connectivity index (χ4n) is 2.53. The second kappa shape index (κ2) is 8.14. The van der Waals surface area contributed by atoms with Crippen molar-refractivity contribution in [3.63, 3.8) is 0 Å². The van der Waals surface area contributed by atoms with Crippen LogP contribution in [0.5, 0.6) is 0 Å². The van der Waals surface area contributed by atoms with E-state index in [4.69, 9.17) is 4.74 Å². The van der Waals surface area contributed by atoms with Gasteiger partial charge in [0.1, 0.15) is 5.82 Å². The van der Waals surface area contributed by atoms with Crippen molar-refractivity contribution in [3.05, 3.63) is 18.2 Å². The standard InChI is InChI=1S/C15H26N4O2/c1-13(12-18-8-10-21-11-9-18)15(20)17-4-3-6-19-7-5-16-14(19)2/h5,7,13H,3-4,6,8-12H2,1-2H3,(H,17,20). The molecule has 1 aromatic heterocycles. The lowest BCUT2D eigenvalue weighted by Crippen LogP contribution is -2.43. The summed E-state index contributed by atoms with van der Waals surface area (Å²) in [4.78, 5) is 18.5. The van der Waals surface area contributed by atoms with Gasteiger partial charge in [-0.1, -0.05) is 6.92 Å². The minimum Gasteiger partial charge on any atom is -0.379 e. The SMILES string of the molecule is Cc1nccn1CCCNC(=O)C(C)CN1CCOCC1. The van der Waals surface area contributed by atoms with Crippen LogP contribution in [0.3, 0.4) is 0 Å². The number of nitrogens with zero attached hydrogens (tertiary/aromatic N) is 3. The number of ether oxygens (including phenoxy) is 1. The van der Waals surface area contributed by atoms with Gasteiger partial charge in [0.2, 0.25) is 5.91 Å². The molecular formula is C15H26N4O2. The number of carbonyl (C=O) groups is 1. The highest BCUT2D eigenvalue weighted by atomic mass is 16.5. The zero-order valence-corrected chi connectivity index (χ0v) is 13.0. The highest BCUT2D eigenvalue weighted by Gasteiger charge is 2.18. The molecule has 1 aliphatic rings. The summed E-state index contributed by atoms with van der Waals surface area (Å²) in [5.41, 5.74) is 0. The topological polar surface area (TPSA) is 59.4 Å². The van der Waals surface area contributed by atoms with Gasteiger partial charge in [-0.25, -0.2) is 4.98 Å². The monoisotopic (exact) mass is 294 g/mol. The Labute approximate surface area is 126 Å². The minimum absolute atomic E-state index is 0.0260. The van der Waals surface area contributed by atoms with Crippen molar-refractivity contribution < 1.29 is 9.53 Å². The lowest BCUT2D eigenvalue weighted by Gasteiger charge is -2.28. The number of hydrogen-bond donors (Lipinski definition) is 1. The zero-order valence-electron chi connectivity index (χ0n) is 13.0. The third kappa shape index (κ3) is 5.13. The molecule has 2 heterocycles. The number of hydrogen-bond acceptors (Lipinski definition) is 4. The predicted octanol–water partition coefficient (Wildman–Crippen LogP) is 0.666. The van der Waals surface area contributed by atoms with Gasteiger partial charge >= 0.3 is 0 Å². The maximum atomic E-state index is 12.1. The summed E-state index contributed by atoms with van der Waals surface area (Å²) in [6, 6.07) is 0. The van der Waals surface area contributed by atoms with E-state index >= 15 is 0 Å². The summed E-state index contributed by atoms with van der Waals surface area (Å²) < 4.78 is 7.42. The number of carbonyl (C=O) groups excluding carboxylic acids is 1. The Bertz CT molecular complexity index is 441. The average molecular weight is 294 g/mol. The fourth-order valence-corrected chi connectivity index (χ4v) is 2.53. The van der Waals surface area contributed by atoms with Gasteiger partial charge in [-0.05, 0) is 13.3 Å². The molecule has 1 amide bonds. The maximum Gasteiger partial charge on any atom is 0.224 e. The summed E-state index contributed by atoms with van der Waals surface area (Å²) in [5.74, 6) is 1.18. The fraction of sp³-hybridized carbons (Fsp3) is 0.733. The molecule has 21 heavy (non-hydrogen) atoms. The van der Waals surface area contributed by atoms with E-state index in [0.717, 1.165) is 51.6 Å². The highest BCUT2D eigenvalue weighted by molar-refractivity contribution is 5.78. The Morgan fingerprint density at radius 3 is 2.90 bits per heavy atom. The molecule has 0 radical (unpaired) electrons. The third-order valence-electron chi connectivity index (χ3n) is 3.88. The molecule has 0 saturated carbocycles. The summed E-state index contributed by atoms with van der Waals surface area (Å²) in [6.07, 6.45) is 4.70. The van der Waals surface area contributed by atoms with Crippen LogP contribution in [0.15, 0.2) is 12.4 Å². The van der Waals surface area contributed by atoms with E-state index in [-0.39, 0.29) is 11.8 Å². The van der Waals surface area contributed by atoms with Gasteiger partial charge in [0.25, 0.3) is 0 Å². The highest BCUT2D eigenvalue weighted by Crippen LogP contribution is 2.04. The quantitative estimate of drug-likeness (QED) is 0.751. The van der Waals surface area contributed by atoms with Crippen molar-refractivity contribution in [2.45, 2.75) is 26.8 Å². The van der Waals surface area contributed by atoms with Crippen molar-refractivity contribution in [3.8, 4) is 0 Å². The lowest BCUT2D eigenvalue weighted by atomic mass is 10.1. The Kier molecular flexibility index (Phi) is 6.20. The summed E-state index contributed by atoms with van der Waals surface area (Å²) in [5, 5.41) is 3.02. The number of imidazole rings is 1. The van der Waals surface area contributed by atoms with Gasteiger partial charge in [-0.2, -0.15) is 0 Å². The first kappa shape index (κ1) is 16.0. The Morgan fingerprint density at radius 1 is 1.48 bits per heavy atom. The molecule has 1 atom stereocenters. The predicted molar refractivity (Wildman–Crippen MR) is 81.0 cm³/mol. The molecule has 0 spiro atoms. The molecule has 0 aromatic carbocycles. The van der Waals surface area contributed by atoms with Crippen LogP contribution in [-0.2, 0) is 16.1 Å². The second-order valence-electron chi connectivity index (χ2n) is 5.63. The normalized spacial score (nSPS) is 17.6. The molecule has 1 N–H and O–H groups in total. The van der Waals surface area contributed by atoms with Gasteiger partial charge < -0.3 is 14.6 Å². The van der Waals surface area contributed by atoms with Crippen LogP contribution in [0, 0.1) is 12.8 Å². The van der Waals surface area contributed by atoms with Crippen LogP contribution in [0.4, 0.5) is 0 Å². The maximum absolute atomic E-state index is 12.1. The van der Waals surface area contributed by atoms with E-state index in [1.54, 1.807) is 6.20 Å². The zero-order chi connectivity index (χ0) is 15.1. The molecule has 1 fully saturated rings. The van der Waals surface area contributed by atoms with Crippen molar-refractivity contribution >= 4 is 5.91 Å². The Balaban J connectivity index is 1.61. The largest absolute Gasteiger partial charge is 0.379 e. The molecule has 0 bridgehead atoms. The van der Waals surface area contributed by atoms with Gasteiger partial charge in [0, 0.05) is 51.0 Å². The number of amides is 1. The smallest absolute Gasteiger partial charge is 0.224 e. The van der Waals surface area contributed by atoms with Gasteiger partial charge in [-0.3, -0.25) is 9.69 Å². The molecule has 6 nitrogen and oxygen atoms in total. The van der Waals surface area contributed by atoms with Crippen LogP contribution in [-0.4, -0.2) is 59.8 Å². The molecule has 1 saturated heterocycles. The van der Waals surface area contributed by atoms with E-state index in [1.165, 1.54) is 0 Å². The van der Waals surface area contributed by atoms with Crippen LogP contribution < -0.4 is 5.32 Å². The van der Waals surface area contributed by atoms with Crippen LogP contribution in [0.1, 0.15) is 19.2 Å².